The highest BCUT2D eigenvalue weighted by Gasteiger charge is 2.41. The smallest absolute Gasteiger partial charge is 0.321 e. The molecule has 0 aliphatic carbocycles. The molecule has 0 radical (unpaired) electrons. The summed E-state index contributed by atoms with van der Waals surface area (Å²) in [7, 11) is 0. The number of nitrogens with two attached hydrogens (primary N) is 1. The van der Waals surface area contributed by atoms with Crippen molar-refractivity contribution >= 4 is 17.6 Å². The van der Waals surface area contributed by atoms with Crippen LogP contribution in [-0.4, -0.2) is 39.4 Å². The minimum absolute atomic E-state index is 0.0527. The first-order chi connectivity index (χ1) is 10.6. The minimum Gasteiger partial charge on any atom is -0.351 e. The third-order valence-electron chi connectivity index (χ3n) is 4.42. The third-order valence-corrected chi connectivity index (χ3v) is 4.42. The molecule has 0 spiro atoms. The zero-order valence-electron chi connectivity index (χ0n) is 12.6. The fourth-order valence-corrected chi connectivity index (χ4v) is 3.38. The molecule has 1 saturated heterocycles. The number of rotatable bonds is 1. The van der Waals surface area contributed by atoms with Crippen molar-refractivity contribution < 1.29 is 9.59 Å². The number of primary amides is 1. The molecule has 2 aliphatic heterocycles. The number of fused-ring (bicyclic) bond motifs is 1. The van der Waals surface area contributed by atoms with E-state index < -0.39 is 6.03 Å². The molecular weight excluding hydrogens is 280 g/mol. The average Bonchev–Trinajstić information content (AvgIpc) is 2.70. The van der Waals surface area contributed by atoms with Crippen LogP contribution < -0.4 is 5.73 Å². The Labute approximate surface area is 129 Å². The number of nitrogens with zero attached hydrogens (tertiary/aromatic N) is 3. The van der Waals surface area contributed by atoms with Crippen molar-refractivity contribution in [1.29, 1.82) is 0 Å². The number of amides is 3. The molecule has 3 rings (SSSR count). The summed E-state index contributed by atoms with van der Waals surface area (Å²) in [6.45, 7) is 2.74. The van der Waals surface area contributed by atoms with Crippen LogP contribution in [0.15, 0.2) is 30.6 Å². The van der Waals surface area contributed by atoms with Crippen molar-refractivity contribution in [2.75, 3.05) is 6.54 Å². The van der Waals surface area contributed by atoms with E-state index in [1.807, 2.05) is 0 Å². The van der Waals surface area contributed by atoms with E-state index in [0.717, 1.165) is 24.8 Å². The molecule has 0 aromatic carbocycles. The summed E-state index contributed by atoms with van der Waals surface area (Å²) in [6, 6.07) is 3.04. The van der Waals surface area contributed by atoms with E-state index in [1.165, 1.54) is 6.08 Å². The van der Waals surface area contributed by atoms with Gasteiger partial charge in [0.25, 0.3) is 0 Å². The maximum atomic E-state index is 12.5. The molecule has 2 N–H and O–H groups in total. The number of aromatic nitrogens is 1. The van der Waals surface area contributed by atoms with Crippen molar-refractivity contribution in [3.63, 3.8) is 0 Å². The molecule has 2 aliphatic rings. The fourth-order valence-electron chi connectivity index (χ4n) is 3.38. The van der Waals surface area contributed by atoms with Crippen LogP contribution in [0.25, 0.3) is 5.70 Å². The molecule has 3 amide bonds. The second-order valence-electron chi connectivity index (χ2n) is 5.89. The van der Waals surface area contributed by atoms with E-state index in [2.05, 4.69) is 11.9 Å². The van der Waals surface area contributed by atoms with E-state index in [0.29, 0.717) is 12.2 Å². The van der Waals surface area contributed by atoms with Crippen LogP contribution in [-0.2, 0) is 4.79 Å². The maximum Gasteiger partial charge on any atom is 0.321 e. The zero-order valence-corrected chi connectivity index (χ0v) is 12.6. The van der Waals surface area contributed by atoms with Crippen LogP contribution in [0.5, 0.6) is 0 Å². The molecule has 6 nitrogen and oxygen atoms in total. The Morgan fingerprint density at radius 1 is 1.32 bits per heavy atom. The van der Waals surface area contributed by atoms with Crippen LogP contribution in [0, 0.1) is 5.92 Å². The number of hydrogen-bond acceptors (Lipinski definition) is 3. The predicted molar refractivity (Wildman–Crippen MR) is 82.2 cm³/mol. The lowest BCUT2D eigenvalue weighted by Gasteiger charge is -2.44. The number of hydrogen-bond donors (Lipinski definition) is 1. The molecule has 6 heteroatoms. The van der Waals surface area contributed by atoms with Gasteiger partial charge in [0.1, 0.15) is 6.17 Å². The third kappa shape index (κ3) is 2.45. The number of carbonyl (C=O) groups is 2. The van der Waals surface area contributed by atoms with E-state index in [1.54, 1.807) is 34.3 Å². The first kappa shape index (κ1) is 14.6. The summed E-state index contributed by atoms with van der Waals surface area (Å²) in [5, 5.41) is 0. The normalized spacial score (nSPS) is 25.3. The number of pyridine rings is 1. The Morgan fingerprint density at radius 3 is 2.73 bits per heavy atom. The first-order valence-corrected chi connectivity index (χ1v) is 7.61. The van der Waals surface area contributed by atoms with Crippen LogP contribution in [0.2, 0.25) is 0 Å². The average molecular weight is 300 g/mol. The SMILES string of the molecule is CC1CCCCN2C(=O)C=C(c3ccncc3)N(C(N)=O)C12. The van der Waals surface area contributed by atoms with Gasteiger partial charge in [-0.25, -0.2) is 4.79 Å². The van der Waals surface area contributed by atoms with Crippen molar-refractivity contribution in [3.8, 4) is 0 Å². The highest BCUT2D eigenvalue weighted by Crippen LogP contribution is 2.34. The predicted octanol–water partition coefficient (Wildman–Crippen LogP) is 1.79. The standard InChI is InChI=1S/C16H20N4O2/c1-11-4-2-3-9-19-14(21)10-13(12-5-7-18-8-6-12)20(15(11)19)16(17)22/h5-8,10-11,15H,2-4,9H2,1H3,(H2,17,22). The molecule has 1 aromatic rings. The van der Waals surface area contributed by atoms with Crippen LogP contribution in [0.1, 0.15) is 31.7 Å². The van der Waals surface area contributed by atoms with Crippen molar-refractivity contribution in [3.05, 3.63) is 36.2 Å². The molecule has 0 saturated carbocycles. The van der Waals surface area contributed by atoms with Gasteiger partial charge in [0.2, 0.25) is 5.91 Å². The molecule has 1 aromatic heterocycles. The van der Waals surface area contributed by atoms with Gasteiger partial charge in [0.15, 0.2) is 0 Å². The summed E-state index contributed by atoms with van der Waals surface area (Å²) < 4.78 is 0. The molecule has 116 valence electrons. The molecule has 2 unspecified atom stereocenters. The fraction of sp³-hybridized carbons (Fsp3) is 0.438. The van der Waals surface area contributed by atoms with E-state index >= 15 is 0 Å². The maximum absolute atomic E-state index is 12.5. The Kier molecular flexibility index (Phi) is 3.83. The summed E-state index contributed by atoms with van der Waals surface area (Å²) in [4.78, 5) is 32.0. The Balaban J connectivity index is 2.10. The van der Waals surface area contributed by atoms with Crippen molar-refractivity contribution in [2.24, 2.45) is 11.7 Å². The summed E-state index contributed by atoms with van der Waals surface area (Å²) in [5.74, 6) is 0.132. The second kappa shape index (κ2) is 5.79. The van der Waals surface area contributed by atoms with Gasteiger partial charge in [-0.3, -0.25) is 14.7 Å². The van der Waals surface area contributed by atoms with E-state index in [-0.39, 0.29) is 18.0 Å². The van der Waals surface area contributed by atoms with Gasteiger partial charge in [-0.15, -0.1) is 0 Å². The van der Waals surface area contributed by atoms with Gasteiger partial charge in [0, 0.05) is 30.6 Å². The topological polar surface area (TPSA) is 79.5 Å². The van der Waals surface area contributed by atoms with Crippen LogP contribution >= 0.6 is 0 Å². The lowest BCUT2D eigenvalue weighted by atomic mass is 9.98. The first-order valence-electron chi connectivity index (χ1n) is 7.61. The minimum atomic E-state index is -0.528. The highest BCUT2D eigenvalue weighted by molar-refractivity contribution is 6.00. The molecule has 0 bridgehead atoms. The van der Waals surface area contributed by atoms with Gasteiger partial charge in [-0.2, -0.15) is 0 Å². The van der Waals surface area contributed by atoms with Gasteiger partial charge in [-0.1, -0.05) is 13.3 Å². The number of urea groups is 1. The lowest BCUT2D eigenvalue weighted by molar-refractivity contribution is -0.132. The molecule has 3 heterocycles. The van der Waals surface area contributed by atoms with Crippen molar-refractivity contribution in [1.82, 2.24) is 14.8 Å². The van der Waals surface area contributed by atoms with Crippen molar-refractivity contribution in [2.45, 2.75) is 32.4 Å². The molecule has 2 atom stereocenters. The Hall–Kier alpha value is -2.37. The zero-order chi connectivity index (χ0) is 15.7. The Morgan fingerprint density at radius 2 is 2.05 bits per heavy atom. The summed E-state index contributed by atoms with van der Waals surface area (Å²) in [6.07, 6.45) is 7.47. The van der Waals surface area contributed by atoms with Gasteiger partial charge >= 0.3 is 6.03 Å². The van der Waals surface area contributed by atoms with E-state index in [9.17, 15) is 9.59 Å². The summed E-state index contributed by atoms with van der Waals surface area (Å²) >= 11 is 0. The van der Waals surface area contributed by atoms with Crippen LogP contribution in [0.4, 0.5) is 4.79 Å². The highest BCUT2D eigenvalue weighted by atomic mass is 16.2. The van der Waals surface area contributed by atoms with Crippen LogP contribution in [0.3, 0.4) is 0 Å². The quantitative estimate of drug-likeness (QED) is 0.858. The molecular formula is C16H20N4O2. The van der Waals surface area contributed by atoms with E-state index in [4.69, 9.17) is 5.73 Å². The number of carbonyl (C=O) groups excluding carboxylic acids is 2. The van der Waals surface area contributed by atoms with Gasteiger partial charge in [-0.05, 0) is 30.9 Å². The molecule has 22 heavy (non-hydrogen) atoms. The Bertz CT molecular complexity index is 614. The molecule has 1 fully saturated rings. The second-order valence-corrected chi connectivity index (χ2v) is 5.89. The largest absolute Gasteiger partial charge is 0.351 e. The lowest BCUT2D eigenvalue weighted by Crippen LogP contribution is -2.58. The van der Waals surface area contributed by atoms with Gasteiger partial charge < -0.3 is 10.6 Å². The van der Waals surface area contributed by atoms with Gasteiger partial charge in [0.05, 0.1) is 5.70 Å². The summed E-state index contributed by atoms with van der Waals surface area (Å²) in [5.41, 5.74) is 6.99. The monoisotopic (exact) mass is 300 g/mol.